The van der Waals surface area contributed by atoms with Crippen molar-refractivity contribution < 1.29 is 24.2 Å². The van der Waals surface area contributed by atoms with Crippen LogP contribution in [0.1, 0.15) is 96.5 Å². The Hall–Kier alpha value is -2.90. The molecule has 0 heterocycles. The lowest BCUT2D eigenvalue weighted by Crippen LogP contribution is -2.48. The molecule has 0 aromatic heterocycles. The van der Waals surface area contributed by atoms with Gasteiger partial charge in [-0.3, -0.25) is 15.1 Å². The smallest absolute Gasteiger partial charge is 0.347 e. The Morgan fingerprint density at radius 1 is 1.05 bits per heavy atom. The van der Waals surface area contributed by atoms with Crippen LogP contribution in [0.2, 0.25) is 0 Å². The molecule has 3 rings (SSSR count). The fourth-order valence-electron chi connectivity index (χ4n) is 5.53. The van der Waals surface area contributed by atoms with Gasteiger partial charge in [0.05, 0.1) is 5.71 Å². The summed E-state index contributed by atoms with van der Waals surface area (Å²) in [5, 5.41) is 20.6. The number of nitrogens with zero attached hydrogens (tertiary/aromatic N) is 1. The first-order valence-electron chi connectivity index (χ1n) is 14.4. The van der Waals surface area contributed by atoms with Gasteiger partial charge in [-0.05, 0) is 76.0 Å². The van der Waals surface area contributed by atoms with E-state index in [4.69, 9.17) is 10.1 Å². The minimum Gasteiger partial charge on any atom is -0.478 e. The van der Waals surface area contributed by atoms with Gasteiger partial charge in [0, 0.05) is 19.0 Å². The molecule has 0 radical (unpaired) electrons. The molecule has 38 heavy (non-hydrogen) atoms. The van der Waals surface area contributed by atoms with Crippen molar-refractivity contribution in [2.75, 3.05) is 13.1 Å². The lowest BCUT2D eigenvalue weighted by Gasteiger charge is -2.25. The van der Waals surface area contributed by atoms with Crippen LogP contribution >= 0.6 is 0 Å². The molecule has 2 fully saturated rings. The monoisotopic (exact) mass is 527 g/mol. The number of aliphatic carboxylic acids is 1. The minimum absolute atomic E-state index is 0.0308. The molecule has 0 atom stereocenters. The number of aryl methyl sites for hydroxylation is 1. The van der Waals surface area contributed by atoms with Crippen LogP contribution in [-0.2, 0) is 16.0 Å². The summed E-state index contributed by atoms with van der Waals surface area (Å²) in [7, 11) is 0. The molecular formula is C30H45N3O5. The van der Waals surface area contributed by atoms with Crippen molar-refractivity contribution in [3.05, 3.63) is 29.8 Å². The summed E-state index contributed by atoms with van der Waals surface area (Å²) in [4.78, 5) is 38.9. The van der Waals surface area contributed by atoms with E-state index in [1.54, 1.807) is 6.07 Å². The van der Waals surface area contributed by atoms with Crippen LogP contribution in [0.5, 0.6) is 5.75 Å². The normalized spacial score (nSPS) is 16.7. The SMILES string of the molecule is CC(C)(Oc1cccc(CCCNC(=O)N(CCCC2CCCCC2)C(=O)C(=N)C2CCCC2)c1)C(=O)O. The zero-order chi connectivity index (χ0) is 27.5. The average Bonchev–Trinajstić information content (AvgIpc) is 3.44. The van der Waals surface area contributed by atoms with Crippen molar-refractivity contribution in [3.63, 3.8) is 0 Å². The van der Waals surface area contributed by atoms with Crippen molar-refractivity contribution in [2.45, 2.75) is 103 Å². The molecule has 3 amide bonds. The van der Waals surface area contributed by atoms with Gasteiger partial charge in [0.1, 0.15) is 5.75 Å². The summed E-state index contributed by atoms with van der Waals surface area (Å²) in [6.45, 7) is 3.76. The Bertz CT molecular complexity index is 964. The zero-order valence-corrected chi connectivity index (χ0v) is 23.1. The number of amides is 3. The first kappa shape index (κ1) is 29.7. The van der Waals surface area contributed by atoms with E-state index < -0.39 is 23.5 Å². The second-order valence-electron chi connectivity index (χ2n) is 11.4. The predicted molar refractivity (Wildman–Crippen MR) is 148 cm³/mol. The van der Waals surface area contributed by atoms with Crippen LogP contribution in [-0.4, -0.2) is 52.3 Å². The van der Waals surface area contributed by atoms with Crippen molar-refractivity contribution in [2.24, 2.45) is 11.8 Å². The van der Waals surface area contributed by atoms with Crippen molar-refractivity contribution >= 4 is 23.6 Å². The van der Waals surface area contributed by atoms with Crippen LogP contribution in [0.25, 0.3) is 0 Å². The molecule has 1 aromatic carbocycles. The molecule has 0 bridgehead atoms. The number of imide groups is 1. The second kappa shape index (κ2) is 14.3. The summed E-state index contributed by atoms with van der Waals surface area (Å²) >= 11 is 0. The molecule has 8 heteroatoms. The molecule has 0 aliphatic heterocycles. The van der Waals surface area contributed by atoms with E-state index in [0.29, 0.717) is 37.6 Å². The quantitative estimate of drug-likeness (QED) is 0.216. The lowest BCUT2D eigenvalue weighted by molar-refractivity contribution is -0.152. The minimum atomic E-state index is -1.33. The summed E-state index contributed by atoms with van der Waals surface area (Å²) < 4.78 is 5.62. The highest BCUT2D eigenvalue weighted by atomic mass is 16.5. The summed E-state index contributed by atoms with van der Waals surface area (Å²) in [6, 6.07) is 6.89. The number of rotatable bonds is 13. The van der Waals surface area contributed by atoms with Crippen molar-refractivity contribution in [1.82, 2.24) is 10.2 Å². The van der Waals surface area contributed by atoms with E-state index in [9.17, 15) is 19.5 Å². The molecule has 0 unspecified atom stereocenters. The molecule has 2 saturated carbocycles. The van der Waals surface area contributed by atoms with Gasteiger partial charge in [-0.2, -0.15) is 0 Å². The third kappa shape index (κ3) is 8.84. The Morgan fingerprint density at radius 2 is 1.74 bits per heavy atom. The van der Waals surface area contributed by atoms with Crippen LogP contribution in [0.4, 0.5) is 4.79 Å². The Balaban J connectivity index is 1.51. The summed E-state index contributed by atoms with van der Waals surface area (Å²) in [5.74, 6) is -0.344. The molecular weight excluding hydrogens is 482 g/mol. The van der Waals surface area contributed by atoms with E-state index in [2.05, 4.69) is 5.32 Å². The number of urea groups is 1. The maximum atomic E-state index is 13.2. The third-order valence-corrected chi connectivity index (χ3v) is 7.91. The van der Waals surface area contributed by atoms with Crippen LogP contribution in [0, 0.1) is 17.2 Å². The third-order valence-electron chi connectivity index (χ3n) is 7.91. The number of carbonyl (C=O) groups is 3. The highest BCUT2D eigenvalue weighted by molar-refractivity contribution is 6.40. The molecule has 8 nitrogen and oxygen atoms in total. The number of hydrogen-bond acceptors (Lipinski definition) is 5. The average molecular weight is 528 g/mol. The van der Waals surface area contributed by atoms with Gasteiger partial charge in [-0.15, -0.1) is 0 Å². The number of nitrogens with one attached hydrogen (secondary N) is 2. The standard InChI is InChI=1S/C30H45N3O5/c1-30(2,28(35)36)38-25-18-8-13-23(21-25)14-9-19-32-29(37)33(20-10-15-22-11-4-3-5-12-22)27(34)26(31)24-16-6-7-17-24/h8,13,18,21-22,24,31H,3-7,9-12,14-17,19-20H2,1-2H3,(H,32,37)(H,35,36). The first-order chi connectivity index (χ1) is 18.2. The maximum Gasteiger partial charge on any atom is 0.347 e. The van der Waals surface area contributed by atoms with Crippen molar-refractivity contribution in [3.8, 4) is 5.75 Å². The van der Waals surface area contributed by atoms with Gasteiger partial charge in [-0.1, -0.05) is 57.1 Å². The molecule has 210 valence electrons. The van der Waals surface area contributed by atoms with Gasteiger partial charge in [0.25, 0.3) is 5.91 Å². The fourth-order valence-corrected chi connectivity index (χ4v) is 5.53. The highest BCUT2D eigenvalue weighted by Gasteiger charge is 2.31. The predicted octanol–water partition coefficient (Wildman–Crippen LogP) is 5.97. The number of carboxylic acids is 1. The molecule has 0 spiro atoms. The highest BCUT2D eigenvalue weighted by Crippen LogP contribution is 2.28. The van der Waals surface area contributed by atoms with Gasteiger partial charge in [0.15, 0.2) is 5.60 Å². The van der Waals surface area contributed by atoms with E-state index >= 15 is 0 Å². The van der Waals surface area contributed by atoms with Crippen LogP contribution < -0.4 is 10.1 Å². The number of benzene rings is 1. The number of hydrogen-bond donors (Lipinski definition) is 3. The molecule has 0 saturated heterocycles. The number of carbonyl (C=O) groups excluding carboxylic acids is 2. The molecule has 2 aliphatic carbocycles. The van der Waals surface area contributed by atoms with E-state index in [1.807, 2.05) is 18.2 Å². The lowest BCUT2D eigenvalue weighted by atomic mass is 9.86. The molecule has 1 aromatic rings. The van der Waals surface area contributed by atoms with Gasteiger partial charge >= 0.3 is 12.0 Å². The van der Waals surface area contributed by atoms with Gasteiger partial charge < -0.3 is 15.2 Å². The second-order valence-corrected chi connectivity index (χ2v) is 11.4. The Morgan fingerprint density at radius 3 is 2.42 bits per heavy atom. The summed E-state index contributed by atoms with van der Waals surface area (Å²) in [5.41, 5.74) is -0.274. The van der Waals surface area contributed by atoms with E-state index in [1.165, 1.54) is 50.9 Å². The largest absolute Gasteiger partial charge is 0.478 e. The van der Waals surface area contributed by atoms with Gasteiger partial charge in [-0.25, -0.2) is 9.59 Å². The molecule has 2 aliphatic rings. The zero-order valence-electron chi connectivity index (χ0n) is 23.1. The Kier molecular flexibility index (Phi) is 11.2. The van der Waals surface area contributed by atoms with E-state index in [-0.39, 0.29) is 11.6 Å². The fraction of sp³-hybridized carbons (Fsp3) is 0.667. The molecule has 3 N–H and O–H groups in total. The first-order valence-corrected chi connectivity index (χ1v) is 14.4. The van der Waals surface area contributed by atoms with E-state index in [0.717, 1.165) is 44.1 Å². The van der Waals surface area contributed by atoms with Gasteiger partial charge in [0.2, 0.25) is 0 Å². The maximum absolute atomic E-state index is 13.2. The van der Waals surface area contributed by atoms with Crippen LogP contribution in [0.3, 0.4) is 0 Å². The number of carboxylic acid groups (broad SMARTS) is 1. The topological polar surface area (TPSA) is 120 Å². The Labute approximate surface area is 227 Å². The summed E-state index contributed by atoms with van der Waals surface area (Å²) in [6.07, 6.45) is 13.2. The number of ether oxygens (including phenoxy) is 1. The van der Waals surface area contributed by atoms with Crippen molar-refractivity contribution in [1.29, 1.82) is 5.41 Å². The van der Waals surface area contributed by atoms with Crippen LogP contribution in [0.15, 0.2) is 24.3 Å².